The van der Waals surface area contributed by atoms with Gasteiger partial charge in [0.1, 0.15) is 11.8 Å². The second-order valence-electron chi connectivity index (χ2n) is 3.82. The van der Waals surface area contributed by atoms with Crippen molar-refractivity contribution >= 4 is 31.9 Å². The molecule has 3 N–H and O–H groups in total. The molecule has 1 aromatic carbocycles. The van der Waals surface area contributed by atoms with Gasteiger partial charge in [-0.3, -0.25) is 4.79 Å². The molecule has 0 unspecified atom stereocenters. The van der Waals surface area contributed by atoms with Crippen molar-refractivity contribution < 1.29 is 28.2 Å². The lowest BCUT2D eigenvalue weighted by Crippen LogP contribution is -2.41. The SMILES string of the molecule is COc1ccc(S(=O)(=O)N[C@@H](CCO)C(=O)O)cc1Br. The Morgan fingerprint density at radius 1 is 1.50 bits per heavy atom. The minimum Gasteiger partial charge on any atom is -0.496 e. The number of aliphatic carboxylic acids is 1. The number of ether oxygens (including phenoxy) is 1. The highest BCUT2D eigenvalue weighted by atomic mass is 79.9. The number of halogens is 1. The van der Waals surface area contributed by atoms with Crippen molar-refractivity contribution in [2.24, 2.45) is 0 Å². The number of nitrogens with one attached hydrogen (secondary N) is 1. The summed E-state index contributed by atoms with van der Waals surface area (Å²) in [5.41, 5.74) is 0. The zero-order valence-corrected chi connectivity index (χ0v) is 12.9. The van der Waals surface area contributed by atoms with E-state index < -0.39 is 28.6 Å². The van der Waals surface area contributed by atoms with Crippen molar-refractivity contribution in [3.63, 3.8) is 0 Å². The molecule has 0 spiro atoms. The number of rotatable bonds is 7. The van der Waals surface area contributed by atoms with Gasteiger partial charge in [0.25, 0.3) is 0 Å². The Hall–Kier alpha value is -1.16. The second-order valence-corrected chi connectivity index (χ2v) is 6.39. The molecule has 20 heavy (non-hydrogen) atoms. The second kappa shape index (κ2) is 7.02. The summed E-state index contributed by atoms with van der Waals surface area (Å²) in [5, 5.41) is 17.6. The fourth-order valence-corrected chi connectivity index (χ4v) is 3.37. The molecule has 0 amide bonds. The van der Waals surface area contributed by atoms with Gasteiger partial charge in [0, 0.05) is 6.61 Å². The van der Waals surface area contributed by atoms with E-state index in [1.807, 2.05) is 4.72 Å². The lowest BCUT2D eigenvalue weighted by atomic mass is 10.2. The summed E-state index contributed by atoms with van der Waals surface area (Å²) >= 11 is 3.15. The van der Waals surface area contributed by atoms with Crippen molar-refractivity contribution in [1.29, 1.82) is 0 Å². The summed E-state index contributed by atoms with van der Waals surface area (Å²) in [4.78, 5) is 10.8. The average molecular weight is 368 g/mol. The third kappa shape index (κ3) is 4.17. The van der Waals surface area contributed by atoms with E-state index in [-0.39, 0.29) is 11.3 Å². The van der Waals surface area contributed by atoms with Gasteiger partial charge in [0.2, 0.25) is 10.0 Å². The molecule has 0 aromatic heterocycles. The highest BCUT2D eigenvalue weighted by Gasteiger charge is 2.25. The molecule has 0 aliphatic heterocycles. The number of aliphatic hydroxyl groups excluding tert-OH is 1. The van der Waals surface area contributed by atoms with Crippen LogP contribution in [0.3, 0.4) is 0 Å². The number of hydrogen-bond donors (Lipinski definition) is 3. The van der Waals surface area contributed by atoms with Gasteiger partial charge in [-0.05, 0) is 40.5 Å². The maximum Gasteiger partial charge on any atom is 0.321 e. The molecule has 112 valence electrons. The highest BCUT2D eigenvalue weighted by molar-refractivity contribution is 9.10. The maximum absolute atomic E-state index is 12.1. The van der Waals surface area contributed by atoms with Crippen LogP contribution in [0.25, 0.3) is 0 Å². The maximum atomic E-state index is 12.1. The van der Waals surface area contributed by atoms with E-state index in [2.05, 4.69) is 15.9 Å². The molecule has 1 rings (SSSR count). The van der Waals surface area contributed by atoms with Crippen molar-refractivity contribution in [1.82, 2.24) is 4.72 Å². The Bertz CT molecular complexity index is 589. The number of methoxy groups -OCH3 is 1. The topological polar surface area (TPSA) is 113 Å². The van der Waals surface area contributed by atoms with E-state index in [0.29, 0.717) is 10.2 Å². The largest absolute Gasteiger partial charge is 0.496 e. The van der Waals surface area contributed by atoms with Crippen LogP contribution >= 0.6 is 15.9 Å². The first-order chi connectivity index (χ1) is 9.31. The predicted octanol–water partition coefficient (Wildman–Crippen LogP) is 0.572. The first-order valence-electron chi connectivity index (χ1n) is 5.51. The lowest BCUT2D eigenvalue weighted by molar-refractivity contribution is -0.139. The van der Waals surface area contributed by atoms with Crippen molar-refractivity contribution in [2.45, 2.75) is 17.4 Å². The monoisotopic (exact) mass is 367 g/mol. The van der Waals surface area contributed by atoms with Gasteiger partial charge in [-0.2, -0.15) is 4.72 Å². The number of carboxylic acids is 1. The number of carbonyl (C=O) groups is 1. The number of hydrogen-bond acceptors (Lipinski definition) is 5. The minimum atomic E-state index is -4.00. The Kier molecular flexibility index (Phi) is 5.93. The quantitative estimate of drug-likeness (QED) is 0.649. The fraction of sp³-hybridized carbons (Fsp3) is 0.364. The summed E-state index contributed by atoms with van der Waals surface area (Å²) in [6.45, 7) is -0.439. The molecule has 0 fully saturated rings. The normalized spacial score (nSPS) is 12.9. The molecule has 0 aliphatic rings. The summed E-state index contributed by atoms with van der Waals surface area (Å²) in [6.07, 6.45) is -0.216. The lowest BCUT2D eigenvalue weighted by Gasteiger charge is -2.14. The molecule has 1 atom stereocenters. The number of benzene rings is 1. The van der Waals surface area contributed by atoms with Crippen LogP contribution in [-0.2, 0) is 14.8 Å². The van der Waals surface area contributed by atoms with E-state index >= 15 is 0 Å². The smallest absolute Gasteiger partial charge is 0.321 e. The van der Waals surface area contributed by atoms with Gasteiger partial charge in [-0.1, -0.05) is 0 Å². The zero-order valence-electron chi connectivity index (χ0n) is 10.5. The van der Waals surface area contributed by atoms with Crippen molar-refractivity contribution in [2.75, 3.05) is 13.7 Å². The van der Waals surface area contributed by atoms with E-state index in [0.717, 1.165) is 0 Å². The van der Waals surface area contributed by atoms with Crippen LogP contribution in [0.1, 0.15) is 6.42 Å². The van der Waals surface area contributed by atoms with Crippen LogP contribution < -0.4 is 9.46 Å². The van der Waals surface area contributed by atoms with Gasteiger partial charge in [0.15, 0.2) is 0 Å². The molecule has 0 aliphatic carbocycles. The standard InChI is InChI=1S/C11H14BrNO6S/c1-19-10-3-2-7(6-8(10)12)20(17,18)13-9(4-5-14)11(15)16/h2-3,6,9,13-14H,4-5H2,1H3,(H,15,16)/t9-/m0/s1. The predicted molar refractivity (Wildman–Crippen MR) is 74.1 cm³/mol. The Morgan fingerprint density at radius 2 is 2.15 bits per heavy atom. The first-order valence-corrected chi connectivity index (χ1v) is 7.79. The van der Waals surface area contributed by atoms with Crippen LogP contribution in [0.15, 0.2) is 27.6 Å². The van der Waals surface area contributed by atoms with Gasteiger partial charge in [-0.15, -0.1) is 0 Å². The summed E-state index contributed by atoms with van der Waals surface area (Å²) in [7, 11) is -2.56. The molecular weight excluding hydrogens is 354 g/mol. The van der Waals surface area contributed by atoms with E-state index in [1.165, 1.54) is 25.3 Å². The van der Waals surface area contributed by atoms with E-state index in [4.69, 9.17) is 14.9 Å². The molecule has 0 saturated heterocycles. The molecule has 0 radical (unpaired) electrons. The van der Waals surface area contributed by atoms with Gasteiger partial charge in [0.05, 0.1) is 16.5 Å². The summed E-state index contributed by atoms with van der Waals surface area (Å²) in [6, 6.07) is 2.66. The third-order valence-corrected chi connectivity index (χ3v) is 4.54. The van der Waals surface area contributed by atoms with Crippen LogP contribution in [-0.4, -0.2) is 44.4 Å². The van der Waals surface area contributed by atoms with Crippen LogP contribution in [0.4, 0.5) is 0 Å². The molecule has 9 heteroatoms. The number of carboxylic acid groups (broad SMARTS) is 1. The average Bonchev–Trinajstić information content (AvgIpc) is 2.37. The minimum absolute atomic E-state index is 0.102. The molecule has 1 aromatic rings. The van der Waals surface area contributed by atoms with Crippen LogP contribution in [0.5, 0.6) is 5.75 Å². The van der Waals surface area contributed by atoms with Crippen molar-refractivity contribution in [3.05, 3.63) is 22.7 Å². The van der Waals surface area contributed by atoms with Crippen LogP contribution in [0, 0.1) is 0 Å². The zero-order chi connectivity index (χ0) is 15.3. The van der Waals surface area contributed by atoms with Crippen LogP contribution in [0.2, 0.25) is 0 Å². The van der Waals surface area contributed by atoms with Gasteiger partial charge in [-0.25, -0.2) is 8.42 Å². The van der Waals surface area contributed by atoms with E-state index in [1.54, 1.807) is 0 Å². The molecule has 0 heterocycles. The van der Waals surface area contributed by atoms with Crippen molar-refractivity contribution in [3.8, 4) is 5.75 Å². The van der Waals surface area contributed by atoms with Gasteiger partial charge >= 0.3 is 5.97 Å². The van der Waals surface area contributed by atoms with E-state index in [9.17, 15) is 13.2 Å². The summed E-state index contributed by atoms with van der Waals surface area (Å²) in [5.74, 6) is -0.899. The Balaban J connectivity index is 3.04. The molecule has 7 nitrogen and oxygen atoms in total. The highest BCUT2D eigenvalue weighted by Crippen LogP contribution is 2.27. The first kappa shape index (κ1) is 16.9. The number of sulfonamides is 1. The molecule has 0 bridgehead atoms. The Morgan fingerprint density at radius 3 is 2.60 bits per heavy atom. The van der Waals surface area contributed by atoms with Gasteiger partial charge < -0.3 is 14.9 Å². The molecule has 0 saturated carbocycles. The summed E-state index contributed by atoms with van der Waals surface area (Å²) < 4.78 is 31.5. The number of aliphatic hydroxyl groups is 1. The fourth-order valence-electron chi connectivity index (χ4n) is 1.43. The third-order valence-electron chi connectivity index (χ3n) is 2.45. The Labute approximate surface area is 124 Å². The molecular formula is C11H14BrNO6S.